The van der Waals surface area contributed by atoms with Gasteiger partial charge >= 0.3 is 11.8 Å². The molecule has 0 bridgehead atoms. The maximum atomic E-state index is 13.4. The van der Waals surface area contributed by atoms with Gasteiger partial charge in [-0.25, -0.2) is 4.68 Å². The van der Waals surface area contributed by atoms with Gasteiger partial charge in [0.1, 0.15) is 5.39 Å². The van der Waals surface area contributed by atoms with Crippen LogP contribution in [0.25, 0.3) is 16.7 Å². The zero-order valence-corrected chi connectivity index (χ0v) is 14.4. The molecule has 1 fully saturated rings. The third-order valence-corrected chi connectivity index (χ3v) is 4.59. The molecule has 3 aromatic rings. The number of aromatic nitrogens is 4. The summed E-state index contributed by atoms with van der Waals surface area (Å²) in [5.74, 6) is -8.74. The Morgan fingerprint density at radius 1 is 1.11 bits per heavy atom. The molecule has 0 amide bonds. The maximum Gasteiger partial charge on any atom is 0.329 e. The number of halogens is 4. The molecule has 10 heteroatoms. The lowest BCUT2D eigenvalue weighted by molar-refractivity contribution is -0.172. The average Bonchev–Trinajstić information content (AvgIpc) is 3.06. The molecule has 1 N–H and O–H groups in total. The Balaban J connectivity index is 1.78. The van der Waals surface area contributed by atoms with Crippen LogP contribution in [0.3, 0.4) is 0 Å². The molecule has 0 spiro atoms. The summed E-state index contributed by atoms with van der Waals surface area (Å²) in [6.45, 7) is 1.36. The van der Waals surface area contributed by atoms with Gasteiger partial charge in [0.25, 0.3) is 5.56 Å². The van der Waals surface area contributed by atoms with E-state index in [1.807, 2.05) is 32.0 Å². The zero-order chi connectivity index (χ0) is 19.6. The summed E-state index contributed by atoms with van der Waals surface area (Å²) in [6, 6.07) is 5.65. The summed E-state index contributed by atoms with van der Waals surface area (Å²) in [6.07, 6.45) is 1.47. The van der Waals surface area contributed by atoms with Crippen LogP contribution in [0, 0.1) is 13.8 Å². The van der Waals surface area contributed by atoms with Gasteiger partial charge in [-0.3, -0.25) is 9.78 Å². The van der Waals surface area contributed by atoms with Crippen LogP contribution in [0.5, 0.6) is 0 Å². The maximum absolute atomic E-state index is 13.4. The van der Waals surface area contributed by atoms with Gasteiger partial charge in [-0.15, -0.1) is 5.10 Å². The molecule has 1 aliphatic heterocycles. The normalized spacial score (nSPS) is 18.4. The third kappa shape index (κ3) is 2.75. The highest BCUT2D eigenvalue weighted by Crippen LogP contribution is 2.41. The van der Waals surface area contributed by atoms with E-state index in [2.05, 4.69) is 15.1 Å². The Morgan fingerprint density at radius 3 is 2.41 bits per heavy atom. The van der Waals surface area contributed by atoms with Gasteiger partial charge in [-0.1, -0.05) is 17.7 Å². The second-order valence-corrected chi connectivity index (χ2v) is 6.76. The van der Waals surface area contributed by atoms with Gasteiger partial charge in [0.05, 0.1) is 18.8 Å². The number of rotatable bonds is 2. The lowest BCUT2D eigenvalue weighted by atomic mass is 10.1. The predicted molar refractivity (Wildman–Crippen MR) is 91.1 cm³/mol. The summed E-state index contributed by atoms with van der Waals surface area (Å²) in [4.78, 5) is 19.3. The number of hydrogen-bond acceptors (Lipinski definition) is 4. The van der Waals surface area contributed by atoms with Crippen molar-refractivity contribution < 1.29 is 17.6 Å². The van der Waals surface area contributed by atoms with Crippen molar-refractivity contribution >= 4 is 17.0 Å². The standard InChI is InChI=1S/C17H15F4N5O/c1-9-3-4-12(10(2)5-9)26-6-11-13(24-26)22-15(23-14(11)27)25-7-16(18,19)17(20,21)8-25/h3-6H,7-8H2,1-2H3,(H,22,23,24,27). The topological polar surface area (TPSA) is 66.8 Å². The van der Waals surface area contributed by atoms with E-state index in [9.17, 15) is 22.4 Å². The van der Waals surface area contributed by atoms with E-state index in [-0.39, 0.29) is 17.0 Å². The van der Waals surface area contributed by atoms with Crippen LogP contribution >= 0.6 is 0 Å². The Kier molecular flexibility index (Phi) is 3.59. The number of nitrogens with zero attached hydrogens (tertiary/aromatic N) is 4. The van der Waals surface area contributed by atoms with Crippen molar-refractivity contribution in [1.29, 1.82) is 0 Å². The molecular weight excluding hydrogens is 366 g/mol. The van der Waals surface area contributed by atoms with E-state index < -0.39 is 30.5 Å². The Labute approximate surface area is 150 Å². The molecule has 0 atom stereocenters. The van der Waals surface area contributed by atoms with E-state index >= 15 is 0 Å². The summed E-state index contributed by atoms with van der Waals surface area (Å²) in [5.41, 5.74) is 2.05. The first-order chi connectivity index (χ1) is 12.6. The molecule has 1 aliphatic rings. The van der Waals surface area contributed by atoms with E-state index in [4.69, 9.17) is 0 Å². The summed E-state index contributed by atoms with van der Waals surface area (Å²) in [7, 11) is 0. The predicted octanol–water partition coefficient (Wildman–Crippen LogP) is 2.82. The lowest BCUT2D eigenvalue weighted by Gasteiger charge is -2.14. The highest BCUT2D eigenvalue weighted by atomic mass is 19.3. The Morgan fingerprint density at radius 2 is 1.78 bits per heavy atom. The first-order valence-corrected chi connectivity index (χ1v) is 8.15. The van der Waals surface area contributed by atoms with Gasteiger partial charge in [-0.2, -0.15) is 22.5 Å². The van der Waals surface area contributed by atoms with Crippen LogP contribution in [0.2, 0.25) is 0 Å². The van der Waals surface area contributed by atoms with Crippen molar-refractivity contribution in [2.24, 2.45) is 0 Å². The van der Waals surface area contributed by atoms with E-state index in [1.54, 1.807) is 0 Å². The van der Waals surface area contributed by atoms with Crippen LogP contribution in [0.15, 0.2) is 29.2 Å². The monoisotopic (exact) mass is 381 g/mol. The quantitative estimate of drug-likeness (QED) is 0.694. The van der Waals surface area contributed by atoms with Crippen LogP contribution in [-0.2, 0) is 0 Å². The fourth-order valence-electron chi connectivity index (χ4n) is 3.16. The molecule has 142 valence electrons. The number of fused-ring (bicyclic) bond motifs is 1. The van der Waals surface area contributed by atoms with Gasteiger partial charge in [0.15, 0.2) is 5.65 Å². The largest absolute Gasteiger partial charge is 0.330 e. The minimum Gasteiger partial charge on any atom is -0.330 e. The molecule has 0 unspecified atom stereocenters. The minimum absolute atomic E-state index is 0.00717. The third-order valence-electron chi connectivity index (χ3n) is 4.59. The van der Waals surface area contributed by atoms with Crippen LogP contribution < -0.4 is 10.5 Å². The summed E-state index contributed by atoms with van der Waals surface area (Å²) < 4.78 is 55.2. The molecule has 4 rings (SSSR count). The SMILES string of the molecule is Cc1ccc(-n2cc3c(=O)[nH]c(N4CC(F)(F)C(F)(F)C4)nc3n2)c(C)c1. The fourth-order valence-corrected chi connectivity index (χ4v) is 3.16. The number of H-pyrrole nitrogens is 1. The van der Waals surface area contributed by atoms with E-state index in [0.717, 1.165) is 16.8 Å². The highest BCUT2D eigenvalue weighted by Gasteiger charge is 2.63. The fraction of sp³-hybridized carbons (Fsp3) is 0.353. The number of hydrogen-bond donors (Lipinski definition) is 1. The van der Waals surface area contributed by atoms with Gasteiger partial charge in [0, 0.05) is 6.20 Å². The molecule has 0 radical (unpaired) electrons. The summed E-state index contributed by atoms with van der Waals surface area (Å²) in [5, 5.41) is 4.36. The number of benzene rings is 1. The minimum atomic E-state index is -4.20. The average molecular weight is 381 g/mol. The van der Waals surface area contributed by atoms with Crippen molar-refractivity contribution in [2.75, 3.05) is 18.0 Å². The highest BCUT2D eigenvalue weighted by molar-refractivity contribution is 5.75. The molecule has 2 aromatic heterocycles. The zero-order valence-electron chi connectivity index (χ0n) is 14.4. The molecule has 1 saturated heterocycles. The van der Waals surface area contributed by atoms with Crippen LogP contribution in [-0.4, -0.2) is 44.7 Å². The molecule has 0 saturated carbocycles. The lowest BCUT2D eigenvalue weighted by Crippen LogP contribution is -2.38. The number of nitrogens with one attached hydrogen (secondary N) is 1. The summed E-state index contributed by atoms with van der Waals surface area (Å²) >= 11 is 0. The van der Waals surface area contributed by atoms with Gasteiger partial charge < -0.3 is 4.90 Å². The molecule has 6 nitrogen and oxygen atoms in total. The molecule has 27 heavy (non-hydrogen) atoms. The number of aryl methyl sites for hydroxylation is 2. The molecule has 0 aliphatic carbocycles. The van der Waals surface area contributed by atoms with Crippen molar-refractivity contribution in [3.05, 3.63) is 45.9 Å². The smallest absolute Gasteiger partial charge is 0.329 e. The van der Waals surface area contributed by atoms with Crippen molar-refractivity contribution in [3.63, 3.8) is 0 Å². The van der Waals surface area contributed by atoms with E-state index in [0.29, 0.717) is 4.90 Å². The molecule has 3 heterocycles. The van der Waals surface area contributed by atoms with E-state index in [1.165, 1.54) is 10.9 Å². The Bertz CT molecular complexity index is 1090. The number of alkyl halides is 4. The number of aromatic amines is 1. The molecular formula is C17H15F4N5O. The number of anilines is 1. The first kappa shape index (κ1) is 17.5. The van der Waals surface area contributed by atoms with Crippen molar-refractivity contribution in [2.45, 2.75) is 25.7 Å². The van der Waals surface area contributed by atoms with Gasteiger partial charge in [0.2, 0.25) is 5.95 Å². The van der Waals surface area contributed by atoms with Crippen LogP contribution in [0.4, 0.5) is 23.5 Å². The van der Waals surface area contributed by atoms with Gasteiger partial charge in [-0.05, 0) is 25.5 Å². The van der Waals surface area contributed by atoms with Crippen molar-refractivity contribution in [3.8, 4) is 5.69 Å². The second-order valence-electron chi connectivity index (χ2n) is 6.76. The van der Waals surface area contributed by atoms with Crippen LogP contribution in [0.1, 0.15) is 11.1 Å². The first-order valence-electron chi connectivity index (χ1n) is 8.15. The Hall–Kier alpha value is -2.91. The van der Waals surface area contributed by atoms with Crippen molar-refractivity contribution in [1.82, 2.24) is 19.7 Å². The second kappa shape index (κ2) is 5.54. The molecule has 1 aromatic carbocycles.